The highest BCUT2D eigenvalue weighted by molar-refractivity contribution is 5.38. The lowest BCUT2D eigenvalue weighted by Crippen LogP contribution is -2.27. The number of hydrogen-bond donors (Lipinski definition) is 2. The predicted octanol–water partition coefficient (Wildman–Crippen LogP) is 3.71. The second-order valence-corrected chi connectivity index (χ2v) is 5.23. The van der Waals surface area contributed by atoms with E-state index < -0.39 is 0 Å². The van der Waals surface area contributed by atoms with Crippen LogP contribution < -0.4 is 5.32 Å². The van der Waals surface area contributed by atoms with E-state index in [0.29, 0.717) is 5.75 Å². The van der Waals surface area contributed by atoms with E-state index in [2.05, 4.69) is 12.2 Å². The fourth-order valence-electron chi connectivity index (χ4n) is 2.88. The third-order valence-corrected chi connectivity index (χ3v) is 3.86. The van der Waals surface area contributed by atoms with Gasteiger partial charge in [-0.25, -0.2) is 0 Å². The first-order chi connectivity index (χ1) is 9.24. The maximum Gasteiger partial charge on any atom is 0.120 e. The Hall–Kier alpha value is -1.74. The number of hydrogen-bond acceptors (Lipinski definition) is 3. The summed E-state index contributed by atoms with van der Waals surface area (Å²) in [5, 5.41) is 13.3. The molecule has 3 nitrogen and oxygen atoms in total. The van der Waals surface area contributed by atoms with Crippen LogP contribution in [0.4, 0.5) is 0 Å². The molecule has 2 N–H and O–H groups in total. The maximum absolute atomic E-state index is 9.68. The molecule has 1 aromatic carbocycles. The van der Waals surface area contributed by atoms with Crippen LogP contribution >= 0.6 is 0 Å². The molecule has 0 aliphatic heterocycles. The average molecular weight is 257 g/mol. The molecule has 0 fully saturated rings. The Morgan fingerprint density at radius 2 is 2.26 bits per heavy atom. The minimum Gasteiger partial charge on any atom is -0.508 e. The molecule has 1 aliphatic rings. The third-order valence-electron chi connectivity index (χ3n) is 3.86. The second kappa shape index (κ2) is 5.10. The van der Waals surface area contributed by atoms with Crippen LogP contribution in [0, 0.1) is 0 Å². The Bertz CT molecular complexity index is 548. The van der Waals surface area contributed by atoms with Crippen LogP contribution in [0.5, 0.6) is 5.75 Å². The lowest BCUT2D eigenvalue weighted by atomic mass is 9.87. The molecule has 1 aliphatic carbocycles. The smallest absolute Gasteiger partial charge is 0.120 e. The van der Waals surface area contributed by atoms with E-state index in [1.807, 2.05) is 24.3 Å². The van der Waals surface area contributed by atoms with Crippen molar-refractivity contribution in [3.05, 3.63) is 53.5 Å². The summed E-state index contributed by atoms with van der Waals surface area (Å²) in [6, 6.07) is 10.1. The van der Waals surface area contributed by atoms with Crippen molar-refractivity contribution in [2.45, 2.75) is 38.3 Å². The maximum atomic E-state index is 9.68. The fraction of sp³-hybridized carbons (Fsp3) is 0.375. The first-order valence-electron chi connectivity index (χ1n) is 6.85. The van der Waals surface area contributed by atoms with Crippen LogP contribution in [0.3, 0.4) is 0 Å². The summed E-state index contributed by atoms with van der Waals surface area (Å²) in [6.07, 6.45) is 5.08. The van der Waals surface area contributed by atoms with E-state index in [1.54, 1.807) is 12.3 Å². The molecule has 2 unspecified atom stereocenters. The number of benzene rings is 1. The highest BCUT2D eigenvalue weighted by Crippen LogP contribution is 2.33. The summed E-state index contributed by atoms with van der Waals surface area (Å²) < 4.78 is 5.44. The Morgan fingerprint density at radius 1 is 1.37 bits per heavy atom. The lowest BCUT2D eigenvalue weighted by Gasteiger charge is -2.28. The minimum absolute atomic E-state index is 0.174. The van der Waals surface area contributed by atoms with Crippen LogP contribution in [0.1, 0.15) is 48.7 Å². The highest BCUT2D eigenvalue weighted by atomic mass is 16.3. The van der Waals surface area contributed by atoms with Crippen molar-refractivity contribution in [3.8, 4) is 5.75 Å². The topological polar surface area (TPSA) is 45.4 Å². The normalized spacial score (nSPS) is 19.9. The van der Waals surface area contributed by atoms with Crippen molar-refractivity contribution in [1.82, 2.24) is 5.32 Å². The summed E-state index contributed by atoms with van der Waals surface area (Å²) in [4.78, 5) is 0. The predicted molar refractivity (Wildman–Crippen MR) is 74.0 cm³/mol. The van der Waals surface area contributed by atoms with Gasteiger partial charge in [0.05, 0.1) is 12.3 Å². The zero-order valence-electron chi connectivity index (χ0n) is 11.1. The van der Waals surface area contributed by atoms with Gasteiger partial charge in [0, 0.05) is 6.04 Å². The number of phenols is 1. The minimum atomic E-state index is 0.174. The summed E-state index contributed by atoms with van der Waals surface area (Å²) >= 11 is 0. The van der Waals surface area contributed by atoms with Gasteiger partial charge in [0.2, 0.25) is 0 Å². The van der Waals surface area contributed by atoms with Crippen LogP contribution in [0.15, 0.2) is 41.0 Å². The van der Waals surface area contributed by atoms with Crippen molar-refractivity contribution in [1.29, 1.82) is 0 Å². The molecule has 0 amide bonds. The van der Waals surface area contributed by atoms with Gasteiger partial charge < -0.3 is 14.8 Å². The first kappa shape index (κ1) is 12.3. The van der Waals surface area contributed by atoms with Gasteiger partial charge in [-0.3, -0.25) is 0 Å². The van der Waals surface area contributed by atoms with Gasteiger partial charge in [0.1, 0.15) is 11.5 Å². The number of fused-ring (bicyclic) bond motifs is 1. The molecule has 1 aromatic heterocycles. The molecular weight excluding hydrogens is 238 g/mol. The number of nitrogens with one attached hydrogen (secondary N) is 1. The highest BCUT2D eigenvalue weighted by Gasteiger charge is 2.23. The Labute approximate surface area is 113 Å². The summed E-state index contributed by atoms with van der Waals surface area (Å²) in [5.41, 5.74) is 2.57. The number of phenolic OH excluding ortho intramolecular Hbond substituents is 1. The van der Waals surface area contributed by atoms with E-state index in [9.17, 15) is 5.11 Å². The largest absolute Gasteiger partial charge is 0.508 e. The molecular formula is C16H19NO2. The Kier molecular flexibility index (Phi) is 3.30. The SMILES string of the molecule is CC(NC1CCCc2ccc(O)cc21)c1ccco1. The van der Waals surface area contributed by atoms with Crippen molar-refractivity contribution < 1.29 is 9.52 Å². The number of aryl methyl sites for hydroxylation is 1. The van der Waals surface area contributed by atoms with Gasteiger partial charge in [0.15, 0.2) is 0 Å². The number of furan rings is 1. The Balaban J connectivity index is 1.81. The first-order valence-corrected chi connectivity index (χ1v) is 6.85. The van der Waals surface area contributed by atoms with Gasteiger partial charge >= 0.3 is 0 Å². The molecule has 19 heavy (non-hydrogen) atoms. The monoisotopic (exact) mass is 257 g/mol. The lowest BCUT2D eigenvalue weighted by molar-refractivity contribution is 0.366. The van der Waals surface area contributed by atoms with Crippen molar-refractivity contribution in [2.75, 3.05) is 0 Å². The summed E-state index contributed by atoms with van der Waals surface area (Å²) in [6.45, 7) is 2.11. The molecule has 0 saturated heterocycles. The van der Waals surface area contributed by atoms with Gasteiger partial charge in [-0.15, -0.1) is 0 Å². The van der Waals surface area contributed by atoms with Crippen LogP contribution in [0.25, 0.3) is 0 Å². The van der Waals surface area contributed by atoms with E-state index in [1.165, 1.54) is 17.5 Å². The van der Waals surface area contributed by atoms with Crippen molar-refractivity contribution >= 4 is 0 Å². The molecule has 0 saturated carbocycles. The van der Waals surface area contributed by atoms with Gasteiger partial charge in [-0.05, 0) is 61.6 Å². The summed E-state index contributed by atoms with van der Waals surface area (Å²) in [5.74, 6) is 1.30. The van der Waals surface area contributed by atoms with E-state index >= 15 is 0 Å². The molecule has 3 heteroatoms. The molecule has 0 radical (unpaired) electrons. The number of aromatic hydroxyl groups is 1. The average Bonchev–Trinajstić information content (AvgIpc) is 2.93. The second-order valence-electron chi connectivity index (χ2n) is 5.23. The zero-order chi connectivity index (χ0) is 13.2. The van der Waals surface area contributed by atoms with E-state index in [4.69, 9.17) is 4.42 Å². The zero-order valence-corrected chi connectivity index (χ0v) is 11.1. The molecule has 3 rings (SSSR count). The fourth-order valence-corrected chi connectivity index (χ4v) is 2.88. The van der Waals surface area contributed by atoms with E-state index in [0.717, 1.165) is 18.6 Å². The molecule has 2 aromatic rings. The summed E-state index contributed by atoms with van der Waals surface area (Å²) in [7, 11) is 0. The molecule has 1 heterocycles. The van der Waals surface area contributed by atoms with Gasteiger partial charge in [-0.1, -0.05) is 6.07 Å². The molecule has 0 spiro atoms. The molecule has 100 valence electrons. The standard InChI is InChI=1S/C16H19NO2/c1-11(16-6-3-9-19-16)17-15-5-2-4-12-7-8-13(18)10-14(12)15/h3,6-11,15,17-18H,2,4-5H2,1H3. The van der Waals surface area contributed by atoms with Crippen LogP contribution in [-0.4, -0.2) is 5.11 Å². The molecule has 0 bridgehead atoms. The van der Waals surface area contributed by atoms with E-state index in [-0.39, 0.29) is 12.1 Å². The van der Waals surface area contributed by atoms with Crippen molar-refractivity contribution in [3.63, 3.8) is 0 Å². The molecule has 2 atom stereocenters. The Morgan fingerprint density at radius 3 is 3.05 bits per heavy atom. The number of rotatable bonds is 3. The third kappa shape index (κ3) is 2.51. The van der Waals surface area contributed by atoms with Crippen molar-refractivity contribution in [2.24, 2.45) is 0 Å². The van der Waals surface area contributed by atoms with Gasteiger partial charge in [-0.2, -0.15) is 0 Å². The van der Waals surface area contributed by atoms with Crippen LogP contribution in [0.2, 0.25) is 0 Å². The van der Waals surface area contributed by atoms with Crippen LogP contribution in [-0.2, 0) is 6.42 Å². The quantitative estimate of drug-likeness (QED) is 0.881. The van der Waals surface area contributed by atoms with Gasteiger partial charge in [0.25, 0.3) is 0 Å².